The van der Waals surface area contributed by atoms with Gasteiger partial charge in [0.15, 0.2) is 0 Å². The number of ether oxygens (including phenoxy) is 1. The highest BCUT2D eigenvalue weighted by molar-refractivity contribution is 7.80. The largest absolute Gasteiger partial charge is 0.457 e. The summed E-state index contributed by atoms with van der Waals surface area (Å²) in [6, 6.07) is 16.9. The third-order valence-corrected chi connectivity index (χ3v) is 5.29. The van der Waals surface area contributed by atoms with Gasteiger partial charge in [-0.15, -0.1) is 0 Å². The van der Waals surface area contributed by atoms with Gasteiger partial charge in [0.05, 0.1) is 5.56 Å². The number of carbonyl (C=O) groups excluding carboxylic acids is 1. The van der Waals surface area contributed by atoms with E-state index in [1.165, 1.54) is 0 Å². The van der Waals surface area contributed by atoms with Gasteiger partial charge >= 0.3 is 5.97 Å². The summed E-state index contributed by atoms with van der Waals surface area (Å²) in [5.74, 6) is 0.494. The van der Waals surface area contributed by atoms with E-state index in [0.717, 1.165) is 5.56 Å². The van der Waals surface area contributed by atoms with E-state index in [9.17, 15) is 4.79 Å². The van der Waals surface area contributed by atoms with E-state index < -0.39 is 5.54 Å². The lowest BCUT2D eigenvalue weighted by atomic mass is 9.90. The molecule has 1 aliphatic rings. The van der Waals surface area contributed by atoms with Crippen molar-refractivity contribution in [2.75, 3.05) is 0 Å². The van der Waals surface area contributed by atoms with Crippen LogP contribution in [0.2, 0.25) is 0 Å². The Bertz CT molecular complexity index is 861. The van der Waals surface area contributed by atoms with Gasteiger partial charge in [-0.05, 0) is 24.5 Å². The van der Waals surface area contributed by atoms with E-state index in [4.69, 9.17) is 21.9 Å². The Hall–Kier alpha value is -2.53. The average molecular weight is 366 g/mol. The highest BCUT2D eigenvalue weighted by atomic mass is 32.1. The molecule has 1 atom stereocenters. The zero-order chi connectivity index (χ0) is 18.7. The molecule has 5 heteroatoms. The maximum atomic E-state index is 12.6. The van der Waals surface area contributed by atoms with Gasteiger partial charge in [-0.1, -0.05) is 74.6 Å². The molecule has 0 aromatic heterocycles. The van der Waals surface area contributed by atoms with Crippen LogP contribution >= 0.6 is 12.2 Å². The van der Waals surface area contributed by atoms with Crippen LogP contribution in [0.4, 0.5) is 0 Å². The Morgan fingerprint density at radius 1 is 1.15 bits per heavy atom. The van der Waals surface area contributed by atoms with E-state index in [0.29, 0.717) is 22.0 Å². The number of carbonyl (C=O) groups is 1. The normalized spacial score (nSPS) is 19.2. The lowest BCUT2D eigenvalue weighted by Gasteiger charge is -2.24. The molecule has 1 N–H and O–H groups in total. The zero-order valence-corrected chi connectivity index (χ0v) is 16.0. The van der Waals surface area contributed by atoms with E-state index in [2.05, 4.69) is 19.2 Å². The molecule has 0 bridgehead atoms. The minimum Gasteiger partial charge on any atom is -0.457 e. The summed E-state index contributed by atoms with van der Waals surface area (Å²) in [4.78, 5) is 18.1. The first-order chi connectivity index (χ1) is 12.4. The fraction of sp³-hybridized carbons (Fsp3) is 0.286. The van der Waals surface area contributed by atoms with Crippen molar-refractivity contribution in [3.8, 4) is 0 Å². The first-order valence-electron chi connectivity index (χ1n) is 8.63. The first-order valence-corrected chi connectivity index (χ1v) is 9.04. The zero-order valence-electron chi connectivity index (χ0n) is 15.2. The summed E-state index contributed by atoms with van der Waals surface area (Å²) in [5.41, 5.74) is 1.66. The van der Waals surface area contributed by atoms with Gasteiger partial charge in [0.25, 0.3) is 0 Å². The number of benzene rings is 2. The minimum absolute atomic E-state index is 0.232. The number of aliphatic imine (C=N–C) groups is 1. The topological polar surface area (TPSA) is 50.7 Å². The third-order valence-electron chi connectivity index (χ3n) is 4.77. The predicted octanol–water partition coefficient (Wildman–Crippen LogP) is 4.14. The molecule has 2 aromatic carbocycles. The Morgan fingerprint density at radius 3 is 2.46 bits per heavy atom. The van der Waals surface area contributed by atoms with Gasteiger partial charge in [0.1, 0.15) is 23.0 Å². The van der Waals surface area contributed by atoms with E-state index in [1.54, 1.807) is 6.07 Å². The molecule has 0 saturated carbocycles. The number of hydrogen-bond acceptors (Lipinski definition) is 4. The van der Waals surface area contributed by atoms with E-state index in [-0.39, 0.29) is 18.5 Å². The van der Waals surface area contributed by atoms with Crippen molar-refractivity contribution in [1.82, 2.24) is 5.32 Å². The smallest absolute Gasteiger partial charge is 0.339 e. The molecule has 0 spiro atoms. The number of hydrogen-bond donors (Lipinski definition) is 1. The first kappa shape index (κ1) is 18.3. The third kappa shape index (κ3) is 3.53. The van der Waals surface area contributed by atoms with Crippen LogP contribution in [0, 0.1) is 5.92 Å². The van der Waals surface area contributed by atoms with E-state index in [1.807, 2.05) is 55.5 Å². The summed E-state index contributed by atoms with van der Waals surface area (Å²) < 4.78 is 5.49. The van der Waals surface area contributed by atoms with Gasteiger partial charge in [0, 0.05) is 5.56 Å². The Labute approximate surface area is 159 Å². The molecule has 1 aliphatic heterocycles. The SMILES string of the molecule is CC(C)C1(C)N=C(c2ccccc2C(=O)OCc2ccccc2)NC1=S. The summed E-state index contributed by atoms with van der Waals surface area (Å²) in [5, 5.41) is 3.18. The second-order valence-electron chi connectivity index (χ2n) is 6.82. The van der Waals surface area contributed by atoms with Crippen LogP contribution in [-0.2, 0) is 11.3 Å². The maximum Gasteiger partial charge on any atom is 0.339 e. The summed E-state index contributed by atoms with van der Waals surface area (Å²) in [6.07, 6.45) is 0. The monoisotopic (exact) mass is 366 g/mol. The second-order valence-corrected chi connectivity index (χ2v) is 7.23. The number of nitrogens with zero attached hydrogens (tertiary/aromatic N) is 1. The van der Waals surface area contributed by atoms with Gasteiger partial charge in [-0.2, -0.15) is 0 Å². The van der Waals surface area contributed by atoms with Gasteiger partial charge in [0.2, 0.25) is 0 Å². The minimum atomic E-state index is -0.467. The van der Waals surface area contributed by atoms with Crippen LogP contribution < -0.4 is 5.32 Å². The predicted molar refractivity (Wildman–Crippen MR) is 108 cm³/mol. The Morgan fingerprint density at radius 2 is 1.81 bits per heavy atom. The van der Waals surface area contributed by atoms with Crippen molar-refractivity contribution in [2.45, 2.75) is 32.9 Å². The molecule has 4 nitrogen and oxygen atoms in total. The average Bonchev–Trinajstić information content (AvgIpc) is 2.97. The van der Waals surface area contributed by atoms with Crippen LogP contribution in [0.5, 0.6) is 0 Å². The van der Waals surface area contributed by atoms with Crippen LogP contribution in [0.1, 0.15) is 42.3 Å². The molecule has 0 radical (unpaired) electrons. The van der Waals surface area contributed by atoms with Crippen molar-refractivity contribution in [2.24, 2.45) is 10.9 Å². The number of esters is 1. The Balaban J connectivity index is 1.85. The molecule has 3 rings (SSSR count). The number of amidine groups is 1. The summed E-state index contributed by atoms with van der Waals surface area (Å²) in [6.45, 7) is 6.41. The van der Waals surface area contributed by atoms with Crippen LogP contribution in [-0.4, -0.2) is 22.3 Å². The molecule has 134 valence electrons. The number of nitrogens with one attached hydrogen (secondary N) is 1. The van der Waals surface area contributed by atoms with Crippen LogP contribution in [0.15, 0.2) is 59.6 Å². The highest BCUT2D eigenvalue weighted by Crippen LogP contribution is 2.28. The quantitative estimate of drug-likeness (QED) is 0.638. The van der Waals surface area contributed by atoms with Gasteiger partial charge in [-0.25, -0.2) is 4.79 Å². The molecule has 1 unspecified atom stereocenters. The molecule has 0 saturated heterocycles. The molecule has 2 aromatic rings. The fourth-order valence-corrected chi connectivity index (χ4v) is 3.11. The summed E-state index contributed by atoms with van der Waals surface area (Å²) in [7, 11) is 0. The maximum absolute atomic E-state index is 12.6. The molecule has 0 fully saturated rings. The molecule has 0 aliphatic carbocycles. The van der Waals surface area contributed by atoms with Crippen molar-refractivity contribution in [3.63, 3.8) is 0 Å². The lowest BCUT2D eigenvalue weighted by molar-refractivity contribution is 0.0472. The number of rotatable bonds is 5. The molecule has 26 heavy (non-hydrogen) atoms. The van der Waals surface area contributed by atoms with Gasteiger partial charge < -0.3 is 10.1 Å². The molecular formula is C21H22N2O2S. The van der Waals surface area contributed by atoms with Crippen LogP contribution in [0.3, 0.4) is 0 Å². The standard InChI is InChI=1S/C21H22N2O2S/c1-14(2)21(3)20(26)22-18(23-21)16-11-7-8-12-17(16)19(24)25-13-15-9-5-4-6-10-15/h4-12,14H,13H2,1-3H3,(H,22,23,26). The van der Waals surface area contributed by atoms with Crippen molar-refractivity contribution in [3.05, 3.63) is 71.3 Å². The molecule has 0 amide bonds. The fourth-order valence-electron chi connectivity index (χ4n) is 2.73. The van der Waals surface area contributed by atoms with Gasteiger partial charge in [-0.3, -0.25) is 4.99 Å². The Kier molecular flexibility index (Phi) is 5.18. The lowest BCUT2D eigenvalue weighted by Crippen LogP contribution is -2.39. The summed E-state index contributed by atoms with van der Waals surface area (Å²) >= 11 is 5.49. The number of thiocarbonyl (C=S) groups is 1. The van der Waals surface area contributed by atoms with E-state index >= 15 is 0 Å². The van der Waals surface area contributed by atoms with Crippen molar-refractivity contribution in [1.29, 1.82) is 0 Å². The molecular weight excluding hydrogens is 344 g/mol. The second kappa shape index (κ2) is 7.38. The highest BCUT2D eigenvalue weighted by Gasteiger charge is 2.39. The molecule has 1 heterocycles. The van der Waals surface area contributed by atoms with Crippen molar-refractivity contribution < 1.29 is 9.53 Å². The van der Waals surface area contributed by atoms with Crippen LogP contribution in [0.25, 0.3) is 0 Å². The van der Waals surface area contributed by atoms with Crippen molar-refractivity contribution >= 4 is 29.0 Å².